The van der Waals surface area contributed by atoms with E-state index < -0.39 is 0 Å². The molecule has 0 saturated heterocycles. The largest absolute Gasteiger partial charge is 0.338 e. The third-order valence-corrected chi connectivity index (χ3v) is 4.24. The lowest BCUT2D eigenvalue weighted by Gasteiger charge is -2.06. The number of imidazole rings is 1. The van der Waals surface area contributed by atoms with Crippen molar-refractivity contribution in [3.8, 4) is 0 Å². The monoisotopic (exact) mass is 292 g/mol. The van der Waals surface area contributed by atoms with E-state index in [0.717, 1.165) is 10.7 Å². The van der Waals surface area contributed by atoms with E-state index in [1.54, 1.807) is 10.8 Å². The predicted octanol–water partition coefficient (Wildman–Crippen LogP) is 2.10. The van der Waals surface area contributed by atoms with Crippen LogP contribution >= 0.6 is 23.6 Å². The maximum Gasteiger partial charge on any atom is 0.263 e. The summed E-state index contributed by atoms with van der Waals surface area (Å²) in [6.07, 6.45) is 4.32. The number of aromatic nitrogens is 4. The minimum absolute atomic E-state index is 0.0331. The van der Waals surface area contributed by atoms with Crippen molar-refractivity contribution in [2.45, 2.75) is 13.0 Å². The molecule has 0 saturated carbocycles. The Morgan fingerprint density at radius 1 is 1.53 bits per heavy atom. The average Bonchev–Trinajstić information content (AvgIpc) is 2.98. The highest BCUT2D eigenvalue weighted by atomic mass is 32.1. The summed E-state index contributed by atoms with van der Waals surface area (Å²) < 4.78 is 4.01. The first-order chi connectivity index (χ1) is 9.16. The zero-order chi connectivity index (χ0) is 13.4. The third kappa shape index (κ3) is 2.15. The highest BCUT2D eigenvalue weighted by Gasteiger charge is 2.07. The van der Waals surface area contributed by atoms with Crippen molar-refractivity contribution in [3.63, 3.8) is 0 Å². The van der Waals surface area contributed by atoms with Gasteiger partial charge in [0.15, 0.2) is 4.77 Å². The summed E-state index contributed by atoms with van der Waals surface area (Å²) in [5.74, 6) is 0.937. The summed E-state index contributed by atoms with van der Waals surface area (Å²) in [6.45, 7) is 0.533. The first-order valence-electron chi connectivity index (χ1n) is 5.83. The fourth-order valence-electron chi connectivity index (χ4n) is 2.03. The fourth-order valence-corrected chi connectivity index (χ4v) is 3.15. The molecule has 7 heteroatoms. The zero-order valence-corrected chi connectivity index (χ0v) is 11.9. The van der Waals surface area contributed by atoms with Gasteiger partial charge in [-0.05, 0) is 23.7 Å². The van der Waals surface area contributed by atoms with Crippen molar-refractivity contribution < 1.29 is 0 Å². The molecule has 19 heavy (non-hydrogen) atoms. The Kier molecular flexibility index (Phi) is 3.08. The average molecular weight is 292 g/mol. The normalized spacial score (nSPS) is 11.2. The van der Waals surface area contributed by atoms with Crippen LogP contribution < -0.4 is 5.56 Å². The number of hydrogen-bond donors (Lipinski definition) is 1. The molecular weight excluding hydrogens is 280 g/mol. The van der Waals surface area contributed by atoms with Gasteiger partial charge in [0.1, 0.15) is 10.7 Å². The van der Waals surface area contributed by atoms with Crippen LogP contribution in [0.15, 0.2) is 28.6 Å². The van der Waals surface area contributed by atoms with Crippen LogP contribution in [-0.4, -0.2) is 19.1 Å². The van der Waals surface area contributed by atoms with Crippen molar-refractivity contribution in [1.82, 2.24) is 19.1 Å². The maximum absolute atomic E-state index is 12.3. The smallest absolute Gasteiger partial charge is 0.263 e. The van der Waals surface area contributed by atoms with Crippen LogP contribution in [0.4, 0.5) is 0 Å². The Morgan fingerprint density at radius 3 is 3.11 bits per heavy atom. The Bertz CT molecular complexity index is 839. The summed E-state index contributed by atoms with van der Waals surface area (Å²) in [5, 5.41) is 2.58. The Balaban J connectivity index is 1.99. The molecule has 3 rings (SSSR count). The lowest BCUT2D eigenvalue weighted by atomic mass is 10.3. The standard InChI is InChI=1S/C12H12N4OS2/c1-15-6-4-13-9(15)2-5-16-11(17)8-3-7-19-10(8)14-12(16)18/h3-4,6-7H,2,5H2,1H3,(H,14,18). The van der Waals surface area contributed by atoms with E-state index in [-0.39, 0.29) is 5.56 Å². The molecule has 3 aromatic rings. The van der Waals surface area contributed by atoms with Gasteiger partial charge in [0.25, 0.3) is 5.56 Å². The van der Waals surface area contributed by atoms with Crippen molar-refractivity contribution >= 4 is 33.8 Å². The Hall–Kier alpha value is -1.73. The molecule has 0 aliphatic heterocycles. The van der Waals surface area contributed by atoms with Gasteiger partial charge in [-0.1, -0.05) is 0 Å². The molecule has 0 aliphatic rings. The van der Waals surface area contributed by atoms with E-state index >= 15 is 0 Å². The summed E-state index contributed by atoms with van der Waals surface area (Å²) in [5.41, 5.74) is -0.0331. The molecule has 5 nitrogen and oxygen atoms in total. The van der Waals surface area contributed by atoms with E-state index in [1.807, 2.05) is 29.3 Å². The Labute approximate surface area is 118 Å². The van der Waals surface area contributed by atoms with Gasteiger partial charge in [-0.2, -0.15) is 0 Å². The number of aryl methyl sites for hydroxylation is 2. The second-order valence-electron chi connectivity index (χ2n) is 4.25. The van der Waals surface area contributed by atoms with Crippen LogP contribution in [0.2, 0.25) is 0 Å². The van der Waals surface area contributed by atoms with Crippen molar-refractivity contribution in [3.05, 3.63) is 44.8 Å². The lowest BCUT2D eigenvalue weighted by Crippen LogP contribution is -2.23. The SMILES string of the molecule is Cn1ccnc1CCn1c(=S)[nH]c2sccc2c1=O. The molecule has 0 aliphatic carbocycles. The number of aromatic amines is 1. The molecule has 0 amide bonds. The van der Waals surface area contributed by atoms with E-state index in [9.17, 15) is 4.79 Å². The minimum Gasteiger partial charge on any atom is -0.338 e. The molecule has 98 valence electrons. The maximum atomic E-state index is 12.3. The molecule has 3 aromatic heterocycles. The van der Waals surface area contributed by atoms with Gasteiger partial charge in [-0.3, -0.25) is 9.36 Å². The van der Waals surface area contributed by atoms with Crippen LogP contribution in [0.3, 0.4) is 0 Å². The van der Waals surface area contributed by atoms with Crippen LogP contribution in [-0.2, 0) is 20.0 Å². The molecule has 1 N–H and O–H groups in total. The topological polar surface area (TPSA) is 55.6 Å². The van der Waals surface area contributed by atoms with E-state index in [2.05, 4.69) is 9.97 Å². The highest BCUT2D eigenvalue weighted by Crippen LogP contribution is 2.14. The number of rotatable bonds is 3. The second-order valence-corrected chi connectivity index (χ2v) is 5.56. The quantitative estimate of drug-likeness (QED) is 0.752. The number of H-pyrrole nitrogens is 1. The van der Waals surface area contributed by atoms with Gasteiger partial charge in [0.2, 0.25) is 0 Å². The summed E-state index contributed by atoms with van der Waals surface area (Å²) in [4.78, 5) is 20.5. The molecule has 0 aromatic carbocycles. The van der Waals surface area contributed by atoms with Gasteiger partial charge in [-0.25, -0.2) is 4.98 Å². The van der Waals surface area contributed by atoms with E-state index in [4.69, 9.17) is 12.2 Å². The van der Waals surface area contributed by atoms with Crippen molar-refractivity contribution in [1.29, 1.82) is 0 Å². The first kappa shape index (κ1) is 12.3. The lowest BCUT2D eigenvalue weighted by molar-refractivity contribution is 0.620. The minimum atomic E-state index is -0.0331. The van der Waals surface area contributed by atoms with Crippen molar-refractivity contribution in [2.24, 2.45) is 7.05 Å². The summed E-state index contributed by atoms with van der Waals surface area (Å²) in [6, 6.07) is 1.82. The van der Waals surface area contributed by atoms with E-state index in [0.29, 0.717) is 23.1 Å². The van der Waals surface area contributed by atoms with Crippen LogP contribution in [0.1, 0.15) is 5.82 Å². The summed E-state index contributed by atoms with van der Waals surface area (Å²) in [7, 11) is 1.94. The number of nitrogens with zero attached hydrogens (tertiary/aromatic N) is 3. The van der Waals surface area contributed by atoms with Crippen LogP contribution in [0.25, 0.3) is 10.2 Å². The molecular formula is C12H12N4OS2. The zero-order valence-electron chi connectivity index (χ0n) is 10.3. The molecule has 3 heterocycles. The molecule has 0 bridgehead atoms. The number of hydrogen-bond acceptors (Lipinski definition) is 4. The molecule has 0 fully saturated rings. The Morgan fingerprint density at radius 2 is 2.37 bits per heavy atom. The van der Waals surface area contributed by atoms with Gasteiger partial charge in [0, 0.05) is 32.4 Å². The number of nitrogens with one attached hydrogen (secondary N) is 1. The number of fused-ring (bicyclic) bond motifs is 1. The van der Waals surface area contributed by atoms with Crippen LogP contribution in [0, 0.1) is 4.77 Å². The summed E-state index contributed by atoms with van der Waals surface area (Å²) >= 11 is 6.74. The third-order valence-electron chi connectivity index (χ3n) is 3.09. The van der Waals surface area contributed by atoms with Gasteiger partial charge in [0.05, 0.1) is 5.39 Å². The first-order valence-corrected chi connectivity index (χ1v) is 7.12. The number of thiophene rings is 1. The molecule has 0 atom stereocenters. The predicted molar refractivity (Wildman–Crippen MR) is 78.2 cm³/mol. The van der Waals surface area contributed by atoms with Crippen molar-refractivity contribution in [2.75, 3.05) is 0 Å². The molecule has 0 spiro atoms. The molecule has 0 unspecified atom stereocenters. The fraction of sp³-hybridized carbons (Fsp3) is 0.250. The van der Waals surface area contributed by atoms with E-state index in [1.165, 1.54) is 11.3 Å². The van der Waals surface area contributed by atoms with Crippen LogP contribution in [0.5, 0.6) is 0 Å². The van der Waals surface area contributed by atoms with Gasteiger partial charge in [-0.15, -0.1) is 11.3 Å². The highest BCUT2D eigenvalue weighted by molar-refractivity contribution is 7.71. The second kappa shape index (κ2) is 4.75. The molecule has 0 radical (unpaired) electrons. The van der Waals surface area contributed by atoms with Gasteiger partial charge < -0.3 is 9.55 Å². The van der Waals surface area contributed by atoms with Gasteiger partial charge >= 0.3 is 0 Å².